The second-order valence-electron chi connectivity index (χ2n) is 4.12. The molecular formula is C9H18ClNO2. The molecule has 0 radical (unpaired) electrons. The Morgan fingerprint density at radius 3 is 2.62 bits per heavy atom. The van der Waals surface area contributed by atoms with Crippen LogP contribution in [0.25, 0.3) is 0 Å². The van der Waals surface area contributed by atoms with Gasteiger partial charge in [-0.15, -0.1) is 12.4 Å². The fraction of sp³-hybridized carbons (Fsp3) is 0.889. The van der Waals surface area contributed by atoms with Gasteiger partial charge in [0.1, 0.15) is 0 Å². The van der Waals surface area contributed by atoms with Gasteiger partial charge >= 0.3 is 5.97 Å². The van der Waals surface area contributed by atoms with E-state index in [4.69, 9.17) is 10.8 Å². The quantitative estimate of drug-likeness (QED) is 0.740. The summed E-state index contributed by atoms with van der Waals surface area (Å²) in [7, 11) is 0. The van der Waals surface area contributed by atoms with Crippen molar-refractivity contribution < 1.29 is 9.90 Å². The lowest BCUT2D eigenvalue weighted by Crippen LogP contribution is -2.30. The Balaban J connectivity index is 0.00000144. The lowest BCUT2D eigenvalue weighted by Gasteiger charge is -2.25. The van der Waals surface area contributed by atoms with Gasteiger partial charge in [0.25, 0.3) is 0 Å². The zero-order valence-corrected chi connectivity index (χ0v) is 8.77. The van der Waals surface area contributed by atoms with E-state index in [2.05, 4.69) is 6.92 Å². The summed E-state index contributed by atoms with van der Waals surface area (Å²) in [6.07, 6.45) is 3.34. The molecule has 2 atom stereocenters. The normalized spacial score (nSPS) is 32.6. The summed E-state index contributed by atoms with van der Waals surface area (Å²) < 4.78 is 0. The molecule has 1 fully saturated rings. The number of carbonyl (C=O) groups is 1. The molecule has 4 heteroatoms. The SMILES string of the molecule is C[C@@H]1CC[C@](CN)(CC(=O)O)C1.Cl. The van der Waals surface area contributed by atoms with Crippen LogP contribution in [0, 0.1) is 11.3 Å². The van der Waals surface area contributed by atoms with Gasteiger partial charge in [-0.25, -0.2) is 0 Å². The molecule has 1 rings (SSSR count). The number of halogens is 1. The van der Waals surface area contributed by atoms with E-state index in [0.717, 1.165) is 19.3 Å². The van der Waals surface area contributed by atoms with Crippen LogP contribution in [-0.2, 0) is 4.79 Å². The fourth-order valence-corrected chi connectivity index (χ4v) is 2.23. The van der Waals surface area contributed by atoms with E-state index in [1.807, 2.05) is 0 Å². The van der Waals surface area contributed by atoms with Gasteiger partial charge in [0.05, 0.1) is 6.42 Å². The first-order valence-corrected chi connectivity index (χ1v) is 4.50. The Hall–Kier alpha value is -0.280. The lowest BCUT2D eigenvalue weighted by atomic mass is 9.82. The number of hydrogen-bond donors (Lipinski definition) is 2. The lowest BCUT2D eigenvalue weighted by molar-refractivity contribution is -0.139. The summed E-state index contributed by atoms with van der Waals surface area (Å²) in [6, 6.07) is 0. The molecule has 0 aliphatic heterocycles. The van der Waals surface area contributed by atoms with Crippen LogP contribution in [0.2, 0.25) is 0 Å². The van der Waals surface area contributed by atoms with E-state index in [0.29, 0.717) is 12.5 Å². The molecule has 1 aliphatic carbocycles. The molecule has 0 unspecified atom stereocenters. The second-order valence-corrected chi connectivity index (χ2v) is 4.12. The van der Waals surface area contributed by atoms with E-state index < -0.39 is 5.97 Å². The zero-order chi connectivity index (χ0) is 9.19. The summed E-state index contributed by atoms with van der Waals surface area (Å²) in [5.74, 6) is -0.0672. The highest BCUT2D eigenvalue weighted by molar-refractivity contribution is 5.85. The van der Waals surface area contributed by atoms with Crippen molar-refractivity contribution >= 4 is 18.4 Å². The molecule has 0 spiro atoms. The average Bonchev–Trinajstić information content (AvgIpc) is 2.32. The maximum atomic E-state index is 10.6. The summed E-state index contributed by atoms with van der Waals surface area (Å²) in [5.41, 5.74) is 5.52. The molecule has 0 amide bonds. The minimum absolute atomic E-state index is 0. The molecule has 3 N–H and O–H groups in total. The van der Waals surface area contributed by atoms with E-state index in [-0.39, 0.29) is 24.2 Å². The van der Waals surface area contributed by atoms with E-state index >= 15 is 0 Å². The van der Waals surface area contributed by atoms with Crippen LogP contribution < -0.4 is 5.73 Å². The standard InChI is InChI=1S/C9H17NO2.ClH/c1-7-2-3-9(4-7,6-10)5-8(11)12;/h7H,2-6,10H2,1H3,(H,11,12);1H/t7-,9-;/m1./s1. The first-order valence-electron chi connectivity index (χ1n) is 4.50. The van der Waals surface area contributed by atoms with Crippen LogP contribution in [0.5, 0.6) is 0 Å². The molecular weight excluding hydrogens is 190 g/mol. The summed E-state index contributed by atoms with van der Waals surface area (Å²) >= 11 is 0. The monoisotopic (exact) mass is 207 g/mol. The molecule has 1 aliphatic rings. The zero-order valence-electron chi connectivity index (χ0n) is 7.95. The molecule has 0 saturated heterocycles. The molecule has 0 aromatic heterocycles. The van der Waals surface area contributed by atoms with Gasteiger partial charge in [-0.3, -0.25) is 4.79 Å². The Labute approximate surface area is 85.1 Å². The number of carboxylic acid groups (broad SMARTS) is 1. The predicted molar refractivity (Wildman–Crippen MR) is 54.0 cm³/mol. The third-order valence-corrected chi connectivity index (χ3v) is 2.91. The van der Waals surface area contributed by atoms with Crippen molar-refractivity contribution in [3.63, 3.8) is 0 Å². The van der Waals surface area contributed by atoms with Crippen LogP contribution in [0.1, 0.15) is 32.6 Å². The van der Waals surface area contributed by atoms with E-state index in [1.165, 1.54) is 0 Å². The van der Waals surface area contributed by atoms with Gasteiger partial charge in [-0.2, -0.15) is 0 Å². The highest BCUT2D eigenvalue weighted by Crippen LogP contribution is 2.43. The second kappa shape index (κ2) is 4.82. The van der Waals surface area contributed by atoms with Gasteiger partial charge in [-0.1, -0.05) is 13.3 Å². The molecule has 0 bridgehead atoms. The van der Waals surface area contributed by atoms with Crippen molar-refractivity contribution in [1.82, 2.24) is 0 Å². The third kappa shape index (κ3) is 3.16. The highest BCUT2D eigenvalue weighted by atomic mass is 35.5. The fourth-order valence-electron chi connectivity index (χ4n) is 2.23. The maximum absolute atomic E-state index is 10.6. The number of hydrogen-bond acceptors (Lipinski definition) is 2. The van der Waals surface area contributed by atoms with Gasteiger partial charge in [-0.05, 0) is 30.7 Å². The first-order chi connectivity index (χ1) is 5.58. The molecule has 1 saturated carbocycles. The maximum Gasteiger partial charge on any atom is 0.303 e. The van der Waals surface area contributed by atoms with Crippen molar-refractivity contribution in [2.75, 3.05) is 6.54 Å². The smallest absolute Gasteiger partial charge is 0.303 e. The Bertz CT molecular complexity index is 186. The molecule has 78 valence electrons. The van der Waals surface area contributed by atoms with Gasteiger partial charge in [0.15, 0.2) is 0 Å². The third-order valence-electron chi connectivity index (χ3n) is 2.91. The number of aliphatic carboxylic acids is 1. The largest absolute Gasteiger partial charge is 0.481 e. The number of carboxylic acids is 1. The first kappa shape index (κ1) is 12.7. The average molecular weight is 208 g/mol. The molecule has 0 aromatic carbocycles. The number of nitrogens with two attached hydrogens (primary N) is 1. The van der Waals surface area contributed by atoms with Crippen LogP contribution in [0.4, 0.5) is 0 Å². The number of rotatable bonds is 3. The van der Waals surface area contributed by atoms with Crippen LogP contribution in [0.3, 0.4) is 0 Å². The van der Waals surface area contributed by atoms with Gasteiger partial charge < -0.3 is 10.8 Å². The van der Waals surface area contributed by atoms with Crippen LogP contribution in [0.15, 0.2) is 0 Å². The van der Waals surface area contributed by atoms with E-state index in [1.54, 1.807) is 0 Å². The molecule has 3 nitrogen and oxygen atoms in total. The minimum Gasteiger partial charge on any atom is -0.481 e. The Kier molecular flexibility index (Phi) is 4.71. The van der Waals surface area contributed by atoms with Crippen molar-refractivity contribution in [2.24, 2.45) is 17.1 Å². The summed E-state index contributed by atoms with van der Waals surface area (Å²) in [5, 5.41) is 8.70. The van der Waals surface area contributed by atoms with Crippen molar-refractivity contribution in [3.05, 3.63) is 0 Å². The molecule has 0 heterocycles. The Morgan fingerprint density at radius 2 is 2.31 bits per heavy atom. The summed E-state index contributed by atoms with van der Waals surface area (Å²) in [4.78, 5) is 10.6. The van der Waals surface area contributed by atoms with Gasteiger partial charge in [0, 0.05) is 0 Å². The molecule has 0 aromatic rings. The van der Waals surface area contributed by atoms with Crippen LogP contribution in [-0.4, -0.2) is 17.6 Å². The van der Waals surface area contributed by atoms with Crippen molar-refractivity contribution in [1.29, 1.82) is 0 Å². The van der Waals surface area contributed by atoms with Crippen LogP contribution >= 0.6 is 12.4 Å². The Morgan fingerprint density at radius 1 is 1.69 bits per heavy atom. The topological polar surface area (TPSA) is 63.3 Å². The van der Waals surface area contributed by atoms with Gasteiger partial charge in [0.2, 0.25) is 0 Å². The van der Waals surface area contributed by atoms with Crippen molar-refractivity contribution in [2.45, 2.75) is 32.6 Å². The van der Waals surface area contributed by atoms with E-state index in [9.17, 15) is 4.79 Å². The highest BCUT2D eigenvalue weighted by Gasteiger charge is 2.37. The predicted octanol–water partition coefficient (Wildman–Crippen LogP) is 1.65. The molecule has 13 heavy (non-hydrogen) atoms. The van der Waals surface area contributed by atoms with Crippen molar-refractivity contribution in [3.8, 4) is 0 Å². The summed E-state index contributed by atoms with van der Waals surface area (Å²) in [6.45, 7) is 2.68. The minimum atomic E-state index is -0.713.